The third-order valence-corrected chi connectivity index (χ3v) is 4.88. The molecule has 1 N–H and O–H groups in total. The fourth-order valence-corrected chi connectivity index (χ4v) is 3.66. The minimum Gasteiger partial charge on any atom is -0.467 e. The standard InChI is InChI=1S/C15H26N2O3/c1-12(18)16-13(14(19)20-2)11-17-9-7-15(8-10-17)5-3-4-6-15/h13H,3-11H2,1-2H3,(H,16,18). The first-order valence-electron chi connectivity index (χ1n) is 7.62. The number of carbonyl (C=O) groups is 2. The van der Waals surface area contributed by atoms with Gasteiger partial charge in [0, 0.05) is 13.5 Å². The van der Waals surface area contributed by atoms with Gasteiger partial charge in [0.15, 0.2) is 0 Å². The van der Waals surface area contributed by atoms with Gasteiger partial charge < -0.3 is 15.0 Å². The monoisotopic (exact) mass is 282 g/mol. The summed E-state index contributed by atoms with van der Waals surface area (Å²) in [5.41, 5.74) is 0.575. The van der Waals surface area contributed by atoms with E-state index in [0.29, 0.717) is 12.0 Å². The van der Waals surface area contributed by atoms with Crippen LogP contribution in [0, 0.1) is 5.41 Å². The van der Waals surface area contributed by atoms with E-state index in [9.17, 15) is 9.59 Å². The Bertz CT molecular complexity index is 354. The fourth-order valence-electron chi connectivity index (χ4n) is 3.66. The highest BCUT2D eigenvalue weighted by Crippen LogP contribution is 2.46. The lowest BCUT2D eigenvalue weighted by atomic mass is 9.77. The molecule has 0 aromatic heterocycles. The Morgan fingerprint density at radius 3 is 2.30 bits per heavy atom. The van der Waals surface area contributed by atoms with Crippen LogP contribution in [0.1, 0.15) is 45.4 Å². The van der Waals surface area contributed by atoms with Crippen LogP contribution in [0.3, 0.4) is 0 Å². The zero-order valence-corrected chi connectivity index (χ0v) is 12.6. The molecule has 0 bridgehead atoms. The molecule has 2 fully saturated rings. The lowest BCUT2D eigenvalue weighted by Gasteiger charge is -2.40. The lowest BCUT2D eigenvalue weighted by molar-refractivity contribution is -0.145. The Morgan fingerprint density at radius 1 is 1.20 bits per heavy atom. The summed E-state index contributed by atoms with van der Waals surface area (Å²) in [6.07, 6.45) is 7.93. The third kappa shape index (κ3) is 3.72. The largest absolute Gasteiger partial charge is 0.467 e. The molecule has 1 amide bonds. The van der Waals surface area contributed by atoms with E-state index >= 15 is 0 Å². The molecule has 1 unspecified atom stereocenters. The van der Waals surface area contributed by atoms with E-state index in [0.717, 1.165) is 13.1 Å². The number of likely N-dealkylation sites (tertiary alicyclic amines) is 1. The Hall–Kier alpha value is -1.10. The van der Waals surface area contributed by atoms with Gasteiger partial charge in [0.1, 0.15) is 6.04 Å². The van der Waals surface area contributed by atoms with Crippen LogP contribution in [0.25, 0.3) is 0 Å². The second-order valence-corrected chi connectivity index (χ2v) is 6.28. The Labute approximate surface area is 121 Å². The van der Waals surface area contributed by atoms with Gasteiger partial charge in [0.05, 0.1) is 7.11 Å². The zero-order valence-electron chi connectivity index (χ0n) is 12.6. The van der Waals surface area contributed by atoms with E-state index < -0.39 is 6.04 Å². The first-order chi connectivity index (χ1) is 9.54. The van der Waals surface area contributed by atoms with Gasteiger partial charge in [-0.2, -0.15) is 0 Å². The number of ether oxygens (including phenoxy) is 1. The van der Waals surface area contributed by atoms with Gasteiger partial charge in [-0.1, -0.05) is 12.8 Å². The van der Waals surface area contributed by atoms with Crippen LogP contribution >= 0.6 is 0 Å². The van der Waals surface area contributed by atoms with Crippen molar-refractivity contribution in [3.05, 3.63) is 0 Å². The number of amides is 1. The number of nitrogens with one attached hydrogen (secondary N) is 1. The van der Waals surface area contributed by atoms with Crippen LogP contribution in [0.5, 0.6) is 0 Å². The van der Waals surface area contributed by atoms with Gasteiger partial charge in [-0.05, 0) is 44.2 Å². The molecule has 0 aromatic rings. The number of rotatable bonds is 4. The minimum absolute atomic E-state index is 0.190. The molecule has 2 rings (SSSR count). The van der Waals surface area contributed by atoms with Gasteiger partial charge in [-0.3, -0.25) is 4.79 Å². The number of nitrogens with zero attached hydrogens (tertiary/aromatic N) is 1. The van der Waals surface area contributed by atoms with Crippen LogP contribution in [-0.2, 0) is 14.3 Å². The molecule has 114 valence electrons. The van der Waals surface area contributed by atoms with Crippen molar-refractivity contribution in [3.63, 3.8) is 0 Å². The molecule has 1 spiro atoms. The SMILES string of the molecule is COC(=O)C(CN1CCC2(CCCC2)CC1)NC(C)=O. The summed E-state index contributed by atoms with van der Waals surface area (Å²) in [4.78, 5) is 25.2. The van der Waals surface area contributed by atoms with Crippen molar-refractivity contribution in [2.45, 2.75) is 51.5 Å². The summed E-state index contributed by atoms with van der Waals surface area (Å²) in [5, 5.41) is 2.68. The third-order valence-electron chi connectivity index (χ3n) is 4.88. The Morgan fingerprint density at radius 2 is 1.80 bits per heavy atom. The van der Waals surface area contributed by atoms with Crippen molar-refractivity contribution >= 4 is 11.9 Å². The molecule has 0 radical (unpaired) electrons. The minimum atomic E-state index is -0.546. The maximum atomic E-state index is 11.7. The number of methoxy groups -OCH3 is 1. The predicted molar refractivity (Wildman–Crippen MR) is 76.2 cm³/mol. The average molecular weight is 282 g/mol. The average Bonchev–Trinajstić information content (AvgIpc) is 2.88. The van der Waals surface area contributed by atoms with Crippen molar-refractivity contribution < 1.29 is 14.3 Å². The molecular formula is C15H26N2O3. The molecule has 1 aliphatic carbocycles. The summed E-state index contributed by atoms with van der Waals surface area (Å²) in [7, 11) is 1.36. The highest BCUT2D eigenvalue weighted by atomic mass is 16.5. The second-order valence-electron chi connectivity index (χ2n) is 6.28. The molecule has 1 aliphatic heterocycles. The Balaban J connectivity index is 1.85. The van der Waals surface area contributed by atoms with Gasteiger partial charge in [0.25, 0.3) is 0 Å². The summed E-state index contributed by atoms with van der Waals surface area (Å²) in [6, 6.07) is -0.546. The second kappa shape index (κ2) is 6.57. The van der Waals surface area contributed by atoms with E-state index in [-0.39, 0.29) is 11.9 Å². The normalized spacial score (nSPS) is 23.5. The van der Waals surface area contributed by atoms with Gasteiger partial charge >= 0.3 is 5.97 Å². The first kappa shape index (κ1) is 15.3. The molecular weight excluding hydrogens is 256 g/mol. The molecule has 1 saturated heterocycles. The van der Waals surface area contributed by atoms with Crippen molar-refractivity contribution in [2.75, 3.05) is 26.7 Å². The number of hydrogen-bond acceptors (Lipinski definition) is 4. The smallest absolute Gasteiger partial charge is 0.329 e. The van der Waals surface area contributed by atoms with E-state index in [1.165, 1.54) is 52.6 Å². The summed E-state index contributed by atoms with van der Waals surface area (Å²) >= 11 is 0. The van der Waals surface area contributed by atoms with Crippen LogP contribution < -0.4 is 5.32 Å². The highest BCUT2D eigenvalue weighted by Gasteiger charge is 2.37. The van der Waals surface area contributed by atoms with Gasteiger partial charge in [0.2, 0.25) is 5.91 Å². The van der Waals surface area contributed by atoms with Crippen molar-refractivity contribution in [1.82, 2.24) is 10.2 Å². The van der Waals surface area contributed by atoms with Crippen molar-refractivity contribution in [2.24, 2.45) is 5.41 Å². The van der Waals surface area contributed by atoms with Crippen LogP contribution in [0.2, 0.25) is 0 Å². The lowest BCUT2D eigenvalue weighted by Crippen LogP contribution is -2.51. The predicted octanol–water partition coefficient (Wildman–Crippen LogP) is 1.32. The summed E-state index contributed by atoms with van der Waals surface area (Å²) < 4.78 is 4.77. The van der Waals surface area contributed by atoms with E-state index in [4.69, 9.17) is 4.74 Å². The highest BCUT2D eigenvalue weighted by molar-refractivity contribution is 5.83. The molecule has 0 aromatic carbocycles. The molecule has 5 heteroatoms. The molecule has 20 heavy (non-hydrogen) atoms. The number of hydrogen-bond donors (Lipinski definition) is 1. The molecule has 1 saturated carbocycles. The fraction of sp³-hybridized carbons (Fsp3) is 0.867. The topological polar surface area (TPSA) is 58.6 Å². The molecule has 1 atom stereocenters. The molecule has 2 aliphatic rings. The number of carbonyl (C=O) groups excluding carboxylic acids is 2. The summed E-state index contributed by atoms with van der Waals surface area (Å²) in [5.74, 6) is -0.550. The maximum Gasteiger partial charge on any atom is 0.329 e. The van der Waals surface area contributed by atoms with Crippen molar-refractivity contribution in [3.8, 4) is 0 Å². The van der Waals surface area contributed by atoms with Crippen molar-refractivity contribution in [1.29, 1.82) is 0 Å². The first-order valence-corrected chi connectivity index (χ1v) is 7.62. The van der Waals surface area contributed by atoms with Crippen LogP contribution in [0.15, 0.2) is 0 Å². The van der Waals surface area contributed by atoms with Crippen LogP contribution in [0.4, 0.5) is 0 Å². The van der Waals surface area contributed by atoms with E-state index in [1.54, 1.807) is 0 Å². The van der Waals surface area contributed by atoms with E-state index in [2.05, 4.69) is 10.2 Å². The molecule has 1 heterocycles. The number of esters is 1. The van der Waals surface area contributed by atoms with Gasteiger partial charge in [-0.25, -0.2) is 4.79 Å². The molecule has 5 nitrogen and oxygen atoms in total. The number of piperidine rings is 1. The Kier molecular flexibility index (Phi) is 5.02. The van der Waals surface area contributed by atoms with E-state index in [1.807, 2.05) is 0 Å². The van der Waals surface area contributed by atoms with Crippen LogP contribution in [-0.4, -0.2) is 49.6 Å². The quantitative estimate of drug-likeness (QED) is 0.790. The zero-order chi connectivity index (χ0) is 14.6. The summed E-state index contributed by atoms with van der Waals surface area (Å²) in [6.45, 7) is 4.03. The van der Waals surface area contributed by atoms with Gasteiger partial charge in [-0.15, -0.1) is 0 Å². The maximum absolute atomic E-state index is 11.7.